The van der Waals surface area contributed by atoms with Gasteiger partial charge in [0.1, 0.15) is 5.15 Å². The normalized spacial score (nSPS) is 10.1. The molecule has 0 saturated heterocycles. The molecular weight excluding hydrogens is 278 g/mol. The molecule has 0 aliphatic heterocycles. The van der Waals surface area contributed by atoms with Crippen molar-refractivity contribution in [3.8, 4) is 11.3 Å². The molecule has 0 unspecified atom stereocenters. The highest BCUT2D eigenvalue weighted by Gasteiger charge is 2.18. The number of halogens is 1. The lowest BCUT2D eigenvalue weighted by molar-refractivity contribution is 0.0527. The zero-order valence-electron chi connectivity index (χ0n) is 10.8. The number of nitrogens with zero attached hydrogens (tertiary/aromatic N) is 1. The first-order chi connectivity index (χ1) is 9.67. The molecule has 0 fully saturated rings. The van der Waals surface area contributed by atoms with Crippen LogP contribution in [-0.2, 0) is 4.74 Å². The van der Waals surface area contributed by atoms with Crippen molar-refractivity contribution in [1.82, 2.24) is 4.98 Å². The number of hydrogen-bond donors (Lipinski definition) is 0. The van der Waals surface area contributed by atoms with Gasteiger partial charge in [-0.3, -0.25) is 4.79 Å². The lowest BCUT2D eigenvalue weighted by Crippen LogP contribution is -2.09. The van der Waals surface area contributed by atoms with Crippen LogP contribution < -0.4 is 0 Å². The molecule has 2 aromatic rings. The second-order valence-electron chi connectivity index (χ2n) is 3.97. The van der Waals surface area contributed by atoms with Crippen molar-refractivity contribution in [3.05, 3.63) is 52.7 Å². The van der Waals surface area contributed by atoms with Gasteiger partial charge < -0.3 is 4.74 Å². The molecule has 4 nitrogen and oxygen atoms in total. The first-order valence-corrected chi connectivity index (χ1v) is 6.43. The number of rotatable bonds is 4. The van der Waals surface area contributed by atoms with E-state index in [4.69, 9.17) is 16.3 Å². The van der Waals surface area contributed by atoms with Gasteiger partial charge in [0.05, 0.1) is 23.4 Å². The Bertz CT molecular complexity index is 641. The average Bonchev–Trinajstić information content (AvgIpc) is 2.48. The molecule has 102 valence electrons. The summed E-state index contributed by atoms with van der Waals surface area (Å²) in [6.45, 7) is 1.95. The number of aldehydes is 1. The van der Waals surface area contributed by atoms with Gasteiger partial charge in [0.25, 0.3) is 0 Å². The van der Waals surface area contributed by atoms with E-state index in [2.05, 4.69) is 4.98 Å². The number of ether oxygens (including phenoxy) is 1. The number of carbonyl (C=O) groups is 2. The standard InChI is InChI=1S/C15H12ClNO3/c1-2-20-15(19)12-8-11(9-18)14(16)17-13(12)10-6-4-3-5-7-10/h3-9H,2H2,1H3. The third-order valence-electron chi connectivity index (χ3n) is 2.67. The van der Waals surface area contributed by atoms with Crippen molar-refractivity contribution in [1.29, 1.82) is 0 Å². The Labute approximate surface area is 121 Å². The molecule has 20 heavy (non-hydrogen) atoms. The highest BCUT2D eigenvalue weighted by atomic mass is 35.5. The van der Waals surface area contributed by atoms with E-state index in [9.17, 15) is 9.59 Å². The molecule has 0 aliphatic carbocycles. The molecule has 0 N–H and O–H groups in total. The van der Waals surface area contributed by atoms with Crippen LogP contribution in [-0.4, -0.2) is 23.8 Å². The van der Waals surface area contributed by atoms with Gasteiger partial charge in [0, 0.05) is 5.56 Å². The quantitative estimate of drug-likeness (QED) is 0.492. The molecule has 0 saturated carbocycles. The van der Waals surface area contributed by atoms with Crippen molar-refractivity contribution < 1.29 is 14.3 Å². The maximum absolute atomic E-state index is 12.0. The van der Waals surface area contributed by atoms with Gasteiger partial charge in [-0.1, -0.05) is 41.9 Å². The van der Waals surface area contributed by atoms with Crippen LogP contribution in [0, 0.1) is 0 Å². The maximum atomic E-state index is 12.0. The molecule has 0 radical (unpaired) electrons. The molecule has 2 rings (SSSR count). The van der Waals surface area contributed by atoms with Crippen LogP contribution in [0.2, 0.25) is 5.15 Å². The third kappa shape index (κ3) is 2.86. The molecule has 1 aromatic heterocycles. The first kappa shape index (κ1) is 14.2. The van der Waals surface area contributed by atoms with Gasteiger partial charge >= 0.3 is 5.97 Å². The Balaban J connectivity index is 2.62. The molecule has 0 spiro atoms. The lowest BCUT2D eigenvalue weighted by Gasteiger charge is -2.10. The van der Waals surface area contributed by atoms with Crippen LogP contribution in [0.15, 0.2) is 36.4 Å². The van der Waals surface area contributed by atoms with E-state index in [0.29, 0.717) is 12.0 Å². The van der Waals surface area contributed by atoms with Crippen LogP contribution >= 0.6 is 11.6 Å². The van der Waals surface area contributed by atoms with E-state index in [1.165, 1.54) is 6.07 Å². The van der Waals surface area contributed by atoms with Crippen LogP contribution in [0.1, 0.15) is 27.6 Å². The van der Waals surface area contributed by atoms with Crippen molar-refractivity contribution in [2.45, 2.75) is 6.92 Å². The largest absolute Gasteiger partial charge is 0.462 e. The molecule has 5 heteroatoms. The fourth-order valence-electron chi connectivity index (χ4n) is 1.77. The van der Waals surface area contributed by atoms with Crippen LogP contribution in [0.4, 0.5) is 0 Å². The lowest BCUT2D eigenvalue weighted by atomic mass is 10.0. The van der Waals surface area contributed by atoms with Gasteiger partial charge in [-0.05, 0) is 13.0 Å². The number of pyridine rings is 1. The number of aromatic nitrogens is 1. The van der Waals surface area contributed by atoms with Crippen LogP contribution in [0.25, 0.3) is 11.3 Å². The number of benzene rings is 1. The van der Waals surface area contributed by atoms with Crippen molar-refractivity contribution >= 4 is 23.9 Å². The van der Waals surface area contributed by atoms with E-state index >= 15 is 0 Å². The predicted molar refractivity (Wildman–Crippen MR) is 76.0 cm³/mol. The molecule has 1 heterocycles. The molecule has 0 bridgehead atoms. The van der Waals surface area contributed by atoms with E-state index in [0.717, 1.165) is 5.56 Å². The molecule has 0 atom stereocenters. The SMILES string of the molecule is CCOC(=O)c1cc(C=O)c(Cl)nc1-c1ccccc1. The van der Waals surface area contributed by atoms with Gasteiger partial charge in [-0.25, -0.2) is 9.78 Å². The second kappa shape index (κ2) is 6.30. The van der Waals surface area contributed by atoms with Gasteiger partial charge in [-0.15, -0.1) is 0 Å². The van der Waals surface area contributed by atoms with Crippen molar-refractivity contribution in [3.63, 3.8) is 0 Å². The van der Waals surface area contributed by atoms with E-state index in [1.54, 1.807) is 6.92 Å². The summed E-state index contributed by atoms with van der Waals surface area (Å²) in [4.78, 5) is 27.1. The van der Waals surface area contributed by atoms with Crippen LogP contribution in [0.3, 0.4) is 0 Å². The highest BCUT2D eigenvalue weighted by molar-refractivity contribution is 6.32. The summed E-state index contributed by atoms with van der Waals surface area (Å²) in [6.07, 6.45) is 0.562. The van der Waals surface area contributed by atoms with E-state index in [1.807, 2.05) is 30.3 Å². The summed E-state index contributed by atoms with van der Waals surface area (Å²) in [5, 5.41) is 0.0619. The monoisotopic (exact) mass is 289 g/mol. The van der Waals surface area contributed by atoms with Crippen LogP contribution in [0.5, 0.6) is 0 Å². The van der Waals surface area contributed by atoms with Gasteiger partial charge in [-0.2, -0.15) is 0 Å². The Hall–Kier alpha value is -2.20. The zero-order valence-corrected chi connectivity index (χ0v) is 11.6. The van der Waals surface area contributed by atoms with E-state index in [-0.39, 0.29) is 22.9 Å². The summed E-state index contributed by atoms with van der Waals surface area (Å²) in [7, 11) is 0. The predicted octanol–water partition coefficient (Wildman–Crippen LogP) is 3.39. The summed E-state index contributed by atoms with van der Waals surface area (Å²) < 4.78 is 4.99. The van der Waals surface area contributed by atoms with Gasteiger partial charge in [0.15, 0.2) is 6.29 Å². The Morgan fingerprint density at radius 2 is 2.05 bits per heavy atom. The fourth-order valence-corrected chi connectivity index (χ4v) is 1.95. The van der Waals surface area contributed by atoms with E-state index < -0.39 is 5.97 Å². The molecular formula is C15H12ClNO3. The Morgan fingerprint density at radius 1 is 1.35 bits per heavy atom. The smallest absolute Gasteiger partial charge is 0.340 e. The topological polar surface area (TPSA) is 56.3 Å². The Morgan fingerprint density at radius 3 is 2.65 bits per heavy atom. The average molecular weight is 290 g/mol. The summed E-state index contributed by atoms with van der Waals surface area (Å²) in [5.41, 5.74) is 1.52. The molecule has 1 aromatic carbocycles. The van der Waals surface area contributed by atoms with Crippen molar-refractivity contribution in [2.75, 3.05) is 6.61 Å². The second-order valence-corrected chi connectivity index (χ2v) is 4.33. The van der Waals surface area contributed by atoms with Gasteiger partial charge in [0.2, 0.25) is 0 Å². The Kier molecular flexibility index (Phi) is 4.48. The minimum atomic E-state index is -0.529. The maximum Gasteiger partial charge on any atom is 0.340 e. The molecule has 0 amide bonds. The minimum absolute atomic E-state index is 0.0619. The number of esters is 1. The summed E-state index contributed by atoms with van der Waals surface area (Å²) in [6, 6.07) is 10.5. The fraction of sp³-hybridized carbons (Fsp3) is 0.133. The minimum Gasteiger partial charge on any atom is -0.462 e. The number of carbonyl (C=O) groups excluding carboxylic acids is 2. The highest BCUT2D eigenvalue weighted by Crippen LogP contribution is 2.26. The summed E-state index contributed by atoms with van der Waals surface area (Å²) in [5.74, 6) is -0.529. The zero-order chi connectivity index (χ0) is 14.5. The summed E-state index contributed by atoms with van der Waals surface area (Å²) >= 11 is 5.94. The van der Waals surface area contributed by atoms with Crippen molar-refractivity contribution in [2.24, 2.45) is 0 Å². The molecule has 0 aliphatic rings. The third-order valence-corrected chi connectivity index (χ3v) is 2.98. The first-order valence-electron chi connectivity index (χ1n) is 6.05. The number of hydrogen-bond acceptors (Lipinski definition) is 4.